The van der Waals surface area contributed by atoms with E-state index in [1.54, 1.807) is 18.9 Å². The fourth-order valence-corrected chi connectivity index (χ4v) is 1.93. The predicted molar refractivity (Wildman–Crippen MR) is 86.0 cm³/mol. The number of carbonyl (C=O) groups is 2. The van der Waals surface area contributed by atoms with Gasteiger partial charge in [0.05, 0.1) is 6.54 Å². The highest BCUT2D eigenvalue weighted by atomic mass is 35.5. The van der Waals surface area contributed by atoms with Gasteiger partial charge in [0, 0.05) is 11.7 Å². The molecule has 118 valence electrons. The Bertz CT molecular complexity index is 465. The van der Waals surface area contributed by atoms with Crippen LogP contribution in [0.25, 0.3) is 0 Å². The van der Waals surface area contributed by atoms with Crippen LogP contribution >= 0.6 is 12.4 Å². The summed E-state index contributed by atoms with van der Waals surface area (Å²) in [6.07, 6.45) is 0. The molecule has 0 saturated heterocycles. The quantitative estimate of drug-likeness (QED) is 0.875. The van der Waals surface area contributed by atoms with E-state index in [-0.39, 0.29) is 30.9 Å². The van der Waals surface area contributed by atoms with Gasteiger partial charge in [-0.15, -0.1) is 12.4 Å². The van der Waals surface area contributed by atoms with Crippen molar-refractivity contribution in [3.05, 3.63) is 30.3 Å². The third kappa shape index (κ3) is 5.36. The third-order valence-corrected chi connectivity index (χ3v) is 3.22. The maximum absolute atomic E-state index is 12.4. The molecule has 0 aromatic heterocycles. The average Bonchev–Trinajstić information content (AvgIpc) is 2.38. The number of hydrogen-bond acceptors (Lipinski definition) is 3. The molecule has 0 spiro atoms. The predicted octanol–water partition coefficient (Wildman–Crippen LogP) is 2.25. The van der Waals surface area contributed by atoms with Crippen molar-refractivity contribution in [2.45, 2.75) is 32.9 Å². The van der Waals surface area contributed by atoms with E-state index in [9.17, 15) is 9.59 Å². The van der Waals surface area contributed by atoms with Crippen LogP contribution < -0.4 is 4.90 Å². The summed E-state index contributed by atoms with van der Waals surface area (Å²) in [6, 6.07) is 8.72. The number of para-hydroxylation sites is 1. The largest absolute Gasteiger partial charge is 0.480 e. The number of amides is 1. The van der Waals surface area contributed by atoms with E-state index in [0.717, 1.165) is 5.69 Å². The molecule has 0 saturated carbocycles. The van der Waals surface area contributed by atoms with Gasteiger partial charge in [-0.1, -0.05) is 18.2 Å². The zero-order valence-corrected chi connectivity index (χ0v) is 13.6. The number of carbonyl (C=O) groups excluding carboxylic acids is 1. The van der Waals surface area contributed by atoms with Crippen LogP contribution in [-0.4, -0.2) is 47.6 Å². The molecule has 0 aliphatic carbocycles. The van der Waals surface area contributed by atoms with E-state index in [0.29, 0.717) is 0 Å². The van der Waals surface area contributed by atoms with Gasteiger partial charge in [0.2, 0.25) is 5.91 Å². The number of nitrogens with zero attached hydrogens (tertiary/aromatic N) is 2. The molecule has 1 rings (SSSR count). The van der Waals surface area contributed by atoms with Gasteiger partial charge >= 0.3 is 5.97 Å². The summed E-state index contributed by atoms with van der Waals surface area (Å²) in [5.41, 5.74) is 0.823. The van der Waals surface area contributed by atoms with Crippen molar-refractivity contribution in [1.82, 2.24) is 4.90 Å². The van der Waals surface area contributed by atoms with Gasteiger partial charge < -0.3 is 10.0 Å². The van der Waals surface area contributed by atoms with Gasteiger partial charge in [0.25, 0.3) is 0 Å². The minimum Gasteiger partial charge on any atom is -0.480 e. The van der Waals surface area contributed by atoms with Crippen LogP contribution in [0.1, 0.15) is 20.8 Å². The van der Waals surface area contributed by atoms with Crippen molar-refractivity contribution in [3.8, 4) is 0 Å². The van der Waals surface area contributed by atoms with E-state index >= 15 is 0 Å². The van der Waals surface area contributed by atoms with E-state index in [2.05, 4.69) is 0 Å². The van der Waals surface area contributed by atoms with Gasteiger partial charge in [0.15, 0.2) is 0 Å². The van der Waals surface area contributed by atoms with E-state index in [1.165, 1.54) is 4.90 Å². The van der Waals surface area contributed by atoms with Crippen LogP contribution in [0.15, 0.2) is 30.3 Å². The molecule has 0 fully saturated rings. The first-order chi connectivity index (χ1) is 9.34. The standard InChI is InChI=1S/C15H22N2O3.ClH/c1-11(2)17(13-8-6-5-7-9-13)14(18)10-16(4)12(3)15(19)20;/h5-9,11-12H,10H2,1-4H3,(H,19,20);1H. The van der Waals surface area contributed by atoms with E-state index in [4.69, 9.17) is 5.11 Å². The Labute approximate surface area is 132 Å². The minimum atomic E-state index is -0.934. The molecule has 0 aliphatic heterocycles. The van der Waals surface area contributed by atoms with Crippen molar-refractivity contribution < 1.29 is 14.7 Å². The number of hydrogen-bond donors (Lipinski definition) is 1. The lowest BCUT2D eigenvalue weighted by Gasteiger charge is -2.30. The first kappa shape index (κ1) is 19.4. The molecule has 21 heavy (non-hydrogen) atoms. The molecule has 1 aromatic carbocycles. The van der Waals surface area contributed by atoms with Crippen LogP contribution in [0, 0.1) is 0 Å². The van der Waals surface area contributed by atoms with Crippen molar-refractivity contribution in [3.63, 3.8) is 0 Å². The van der Waals surface area contributed by atoms with Crippen LogP contribution in [0.5, 0.6) is 0 Å². The second-order valence-corrected chi connectivity index (χ2v) is 5.12. The smallest absolute Gasteiger partial charge is 0.320 e. The summed E-state index contributed by atoms with van der Waals surface area (Å²) in [6.45, 7) is 5.51. The Kier molecular flexibility index (Phi) is 7.99. The maximum Gasteiger partial charge on any atom is 0.320 e. The van der Waals surface area contributed by atoms with Crippen molar-refractivity contribution in [1.29, 1.82) is 0 Å². The number of anilines is 1. The molecular formula is C15H23ClN2O3. The molecule has 1 aromatic rings. The number of aliphatic carboxylic acids is 1. The van der Waals surface area contributed by atoms with Crippen molar-refractivity contribution in [2.75, 3.05) is 18.5 Å². The van der Waals surface area contributed by atoms with E-state index < -0.39 is 12.0 Å². The summed E-state index contributed by atoms with van der Waals surface area (Å²) in [7, 11) is 1.64. The van der Waals surface area contributed by atoms with Crippen LogP contribution in [0.2, 0.25) is 0 Å². The lowest BCUT2D eigenvalue weighted by Crippen LogP contribution is -2.46. The SMILES string of the molecule is CC(C(=O)O)N(C)CC(=O)N(c1ccccc1)C(C)C.Cl. The molecule has 5 nitrogen and oxygen atoms in total. The highest BCUT2D eigenvalue weighted by Crippen LogP contribution is 2.17. The Balaban J connectivity index is 0.00000400. The van der Waals surface area contributed by atoms with Crippen molar-refractivity contribution in [2.24, 2.45) is 0 Å². The minimum absolute atomic E-state index is 0. The molecule has 6 heteroatoms. The maximum atomic E-state index is 12.4. The summed E-state index contributed by atoms with van der Waals surface area (Å²) in [5, 5.41) is 8.96. The first-order valence-corrected chi connectivity index (χ1v) is 6.64. The highest BCUT2D eigenvalue weighted by molar-refractivity contribution is 5.95. The Morgan fingerprint density at radius 2 is 1.67 bits per heavy atom. The van der Waals surface area contributed by atoms with Gasteiger partial charge in [-0.25, -0.2) is 0 Å². The van der Waals surface area contributed by atoms with Crippen molar-refractivity contribution >= 4 is 30.0 Å². The average molecular weight is 315 g/mol. The van der Waals surface area contributed by atoms with Gasteiger partial charge in [-0.05, 0) is 40.0 Å². The lowest BCUT2D eigenvalue weighted by atomic mass is 10.2. The van der Waals surface area contributed by atoms with Crippen LogP contribution in [0.3, 0.4) is 0 Å². The summed E-state index contributed by atoms with van der Waals surface area (Å²) in [5.74, 6) is -1.04. The van der Waals surface area contributed by atoms with Crippen LogP contribution in [0.4, 0.5) is 5.69 Å². The molecule has 0 heterocycles. The van der Waals surface area contributed by atoms with Gasteiger partial charge in [-0.3, -0.25) is 14.5 Å². The summed E-state index contributed by atoms with van der Waals surface area (Å²) in [4.78, 5) is 26.6. The fourth-order valence-electron chi connectivity index (χ4n) is 1.93. The number of carboxylic acid groups (broad SMARTS) is 1. The number of halogens is 1. The van der Waals surface area contributed by atoms with E-state index in [1.807, 2.05) is 44.2 Å². The third-order valence-electron chi connectivity index (χ3n) is 3.22. The number of rotatable bonds is 6. The molecule has 1 amide bonds. The van der Waals surface area contributed by atoms with Gasteiger partial charge in [-0.2, -0.15) is 0 Å². The Hall–Kier alpha value is -1.59. The first-order valence-electron chi connectivity index (χ1n) is 6.64. The molecular weight excluding hydrogens is 292 g/mol. The number of likely N-dealkylation sites (N-methyl/N-ethyl adjacent to an activating group) is 1. The number of benzene rings is 1. The second-order valence-electron chi connectivity index (χ2n) is 5.12. The fraction of sp³-hybridized carbons (Fsp3) is 0.467. The molecule has 1 N–H and O–H groups in total. The highest BCUT2D eigenvalue weighted by Gasteiger charge is 2.24. The van der Waals surface area contributed by atoms with Crippen LogP contribution in [-0.2, 0) is 9.59 Å². The molecule has 1 unspecified atom stereocenters. The molecule has 1 atom stereocenters. The second kappa shape index (κ2) is 8.64. The molecule has 0 aliphatic rings. The summed E-state index contributed by atoms with van der Waals surface area (Å²) < 4.78 is 0. The topological polar surface area (TPSA) is 60.9 Å². The van der Waals surface area contributed by atoms with Gasteiger partial charge in [0.1, 0.15) is 6.04 Å². The normalized spacial score (nSPS) is 11.9. The Morgan fingerprint density at radius 1 is 1.14 bits per heavy atom. The summed E-state index contributed by atoms with van der Waals surface area (Å²) >= 11 is 0. The molecule has 0 radical (unpaired) electrons. The zero-order valence-electron chi connectivity index (χ0n) is 12.8. The number of carboxylic acids is 1. The monoisotopic (exact) mass is 314 g/mol. The zero-order chi connectivity index (χ0) is 15.3. The molecule has 0 bridgehead atoms. The Morgan fingerprint density at radius 3 is 2.10 bits per heavy atom. The lowest BCUT2D eigenvalue weighted by molar-refractivity contribution is -0.142.